The highest BCUT2D eigenvalue weighted by Gasteiger charge is 2.56. The number of carbonyl (C=O) groups is 1. The molecule has 8 heteroatoms. The Bertz CT molecular complexity index is 666. The molecule has 8 nitrogen and oxygen atoms in total. The average molecular weight is 443 g/mol. The molecule has 31 heavy (non-hydrogen) atoms. The molecule has 2 aliphatic carbocycles. The van der Waals surface area contributed by atoms with Gasteiger partial charge in [-0.05, 0) is 37.5 Å². The van der Waals surface area contributed by atoms with Crippen molar-refractivity contribution < 1.29 is 39.4 Å². The van der Waals surface area contributed by atoms with Crippen molar-refractivity contribution in [2.24, 2.45) is 23.2 Å². The van der Waals surface area contributed by atoms with E-state index in [4.69, 9.17) is 14.2 Å². The highest BCUT2D eigenvalue weighted by molar-refractivity contribution is 5.65. The largest absolute Gasteiger partial charge is 0.463 e. The van der Waals surface area contributed by atoms with Gasteiger partial charge in [-0.15, -0.1) is 0 Å². The molecule has 0 aromatic carbocycles. The summed E-state index contributed by atoms with van der Waals surface area (Å²) in [6.07, 6.45) is -4.40. The number of rotatable bonds is 5. The van der Waals surface area contributed by atoms with Gasteiger partial charge in [0.15, 0.2) is 6.29 Å². The van der Waals surface area contributed by atoms with Crippen LogP contribution in [0.5, 0.6) is 0 Å². The van der Waals surface area contributed by atoms with Gasteiger partial charge in [0, 0.05) is 18.3 Å². The zero-order valence-corrected chi connectivity index (χ0v) is 18.9. The fourth-order valence-corrected chi connectivity index (χ4v) is 5.71. The van der Waals surface area contributed by atoms with Gasteiger partial charge < -0.3 is 34.6 Å². The van der Waals surface area contributed by atoms with Crippen LogP contribution in [0.3, 0.4) is 0 Å². The van der Waals surface area contributed by atoms with Crippen molar-refractivity contribution in [1.29, 1.82) is 0 Å². The molecule has 10 unspecified atom stereocenters. The fourth-order valence-electron chi connectivity index (χ4n) is 5.71. The topological polar surface area (TPSA) is 126 Å². The van der Waals surface area contributed by atoms with Gasteiger partial charge in [0.2, 0.25) is 0 Å². The normalized spacial score (nSPS) is 46.0. The second-order valence-electron chi connectivity index (χ2n) is 10.1. The number of aliphatic hydroxyl groups excluding tert-OH is 4. The van der Waals surface area contributed by atoms with E-state index in [9.17, 15) is 25.2 Å². The Morgan fingerprint density at radius 2 is 1.87 bits per heavy atom. The van der Waals surface area contributed by atoms with Crippen LogP contribution in [-0.4, -0.2) is 75.9 Å². The van der Waals surface area contributed by atoms with Crippen LogP contribution in [-0.2, 0) is 19.0 Å². The maximum atomic E-state index is 11.2. The van der Waals surface area contributed by atoms with Crippen LogP contribution >= 0.6 is 0 Å². The van der Waals surface area contributed by atoms with E-state index in [0.717, 1.165) is 18.4 Å². The Morgan fingerprint density at radius 3 is 2.48 bits per heavy atom. The third-order valence-corrected chi connectivity index (χ3v) is 7.68. The van der Waals surface area contributed by atoms with E-state index < -0.39 is 42.8 Å². The first-order valence-electron chi connectivity index (χ1n) is 11.3. The number of hydrogen-bond acceptors (Lipinski definition) is 8. The number of aliphatic hydroxyl groups is 4. The molecule has 3 rings (SSSR count). The molecular weight excluding hydrogens is 404 g/mol. The van der Waals surface area contributed by atoms with Crippen molar-refractivity contribution in [3.63, 3.8) is 0 Å². The van der Waals surface area contributed by atoms with Crippen molar-refractivity contribution in [3.8, 4) is 0 Å². The highest BCUT2D eigenvalue weighted by Crippen LogP contribution is 2.56. The van der Waals surface area contributed by atoms with Gasteiger partial charge in [-0.25, -0.2) is 0 Å². The molecule has 3 fully saturated rings. The van der Waals surface area contributed by atoms with E-state index in [1.165, 1.54) is 6.92 Å². The van der Waals surface area contributed by atoms with Crippen LogP contribution in [0.1, 0.15) is 53.4 Å². The molecule has 0 aromatic heterocycles. The quantitative estimate of drug-likeness (QED) is 0.369. The van der Waals surface area contributed by atoms with Gasteiger partial charge in [-0.1, -0.05) is 32.9 Å². The summed E-state index contributed by atoms with van der Waals surface area (Å²) in [4.78, 5) is 11.2. The lowest BCUT2D eigenvalue weighted by molar-refractivity contribution is -0.327. The van der Waals surface area contributed by atoms with Crippen molar-refractivity contribution in [1.82, 2.24) is 0 Å². The Balaban J connectivity index is 1.86. The number of hydrogen-bond donors (Lipinski definition) is 4. The summed E-state index contributed by atoms with van der Waals surface area (Å²) in [5.74, 6) is -0.227. The van der Waals surface area contributed by atoms with E-state index in [0.29, 0.717) is 12.8 Å². The predicted molar refractivity (Wildman–Crippen MR) is 112 cm³/mol. The molecule has 0 spiro atoms. The van der Waals surface area contributed by atoms with Crippen LogP contribution in [0.15, 0.2) is 12.2 Å². The van der Waals surface area contributed by atoms with Crippen molar-refractivity contribution in [3.05, 3.63) is 12.2 Å². The minimum absolute atomic E-state index is 0.121. The van der Waals surface area contributed by atoms with Crippen LogP contribution in [0.4, 0.5) is 0 Å². The van der Waals surface area contributed by atoms with Crippen LogP contribution < -0.4 is 0 Å². The van der Waals surface area contributed by atoms with E-state index in [-0.39, 0.29) is 35.9 Å². The van der Waals surface area contributed by atoms with E-state index in [1.807, 2.05) is 0 Å². The molecule has 4 N–H and O–H groups in total. The number of esters is 1. The first-order chi connectivity index (χ1) is 14.5. The zero-order chi connectivity index (χ0) is 23.1. The molecule has 0 aromatic rings. The molecule has 0 amide bonds. The van der Waals surface area contributed by atoms with Crippen LogP contribution in [0.2, 0.25) is 0 Å². The van der Waals surface area contributed by atoms with Gasteiger partial charge in [-0.3, -0.25) is 4.79 Å². The SMILES string of the molecule is C=C1CCC(O)C2(C)CCC(C(C)C)C(OC3OC(COC(C)=O)C(O)C(O)C3O)C12. The van der Waals surface area contributed by atoms with Gasteiger partial charge in [0.25, 0.3) is 0 Å². The number of carbonyl (C=O) groups excluding carboxylic acids is 1. The summed E-state index contributed by atoms with van der Waals surface area (Å²) >= 11 is 0. The third kappa shape index (κ3) is 4.70. The second-order valence-corrected chi connectivity index (χ2v) is 10.1. The van der Waals surface area contributed by atoms with E-state index >= 15 is 0 Å². The molecule has 1 saturated heterocycles. The van der Waals surface area contributed by atoms with Crippen LogP contribution in [0.25, 0.3) is 0 Å². The summed E-state index contributed by atoms with van der Waals surface area (Å²) in [5.41, 5.74) is 0.630. The first kappa shape index (κ1) is 24.6. The lowest BCUT2D eigenvalue weighted by Crippen LogP contribution is -2.62. The maximum Gasteiger partial charge on any atom is 0.302 e. The van der Waals surface area contributed by atoms with Gasteiger partial charge in [-0.2, -0.15) is 0 Å². The smallest absolute Gasteiger partial charge is 0.302 e. The highest BCUT2D eigenvalue weighted by atomic mass is 16.7. The Kier molecular flexibility index (Phi) is 7.50. The third-order valence-electron chi connectivity index (χ3n) is 7.68. The number of ether oxygens (including phenoxy) is 3. The summed E-state index contributed by atoms with van der Waals surface area (Å²) in [5, 5.41) is 42.1. The number of fused-ring (bicyclic) bond motifs is 1. The monoisotopic (exact) mass is 442 g/mol. The summed E-state index contributed by atoms with van der Waals surface area (Å²) in [6.45, 7) is 11.6. The van der Waals surface area contributed by atoms with Crippen molar-refractivity contribution in [2.75, 3.05) is 6.61 Å². The minimum atomic E-state index is -1.51. The van der Waals surface area contributed by atoms with Gasteiger partial charge in [0.1, 0.15) is 31.0 Å². The Labute approximate surface area is 184 Å². The van der Waals surface area contributed by atoms with E-state index in [2.05, 4.69) is 27.4 Å². The maximum absolute atomic E-state index is 11.2. The molecule has 178 valence electrons. The predicted octanol–water partition coefficient (Wildman–Crippen LogP) is 1.14. The minimum Gasteiger partial charge on any atom is -0.463 e. The molecule has 2 saturated carbocycles. The lowest BCUT2D eigenvalue weighted by atomic mass is 9.53. The van der Waals surface area contributed by atoms with Crippen LogP contribution in [0, 0.1) is 23.2 Å². The molecule has 0 radical (unpaired) electrons. The molecule has 3 aliphatic rings. The van der Waals surface area contributed by atoms with E-state index in [1.54, 1.807) is 0 Å². The second kappa shape index (κ2) is 9.45. The Hall–Kier alpha value is -1.03. The average Bonchev–Trinajstić information content (AvgIpc) is 2.70. The van der Waals surface area contributed by atoms with Gasteiger partial charge >= 0.3 is 5.97 Å². The first-order valence-corrected chi connectivity index (χ1v) is 11.3. The zero-order valence-electron chi connectivity index (χ0n) is 18.9. The lowest BCUT2D eigenvalue weighted by Gasteiger charge is -2.56. The summed E-state index contributed by atoms with van der Waals surface area (Å²) in [6, 6.07) is 0. The molecule has 10 atom stereocenters. The molecule has 1 heterocycles. The summed E-state index contributed by atoms with van der Waals surface area (Å²) < 4.78 is 17.1. The van der Waals surface area contributed by atoms with Crippen molar-refractivity contribution >= 4 is 5.97 Å². The summed E-state index contributed by atoms with van der Waals surface area (Å²) in [7, 11) is 0. The standard InChI is InChI=1S/C23H38O8/c1-11(2)14-8-9-23(5)16(25)7-6-12(3)17(23)21(14)31-22-20(28)19(27)18(26)15(30-22)10-29-13(4)24/h11,14-22,25-28H,3,6-10H2,1-2,4-5H3. The molecule has 1 aliphatic heterocycles. The van der Waals surface area contributed by atoms with Crippen molar-refractivity contribution in [2.45, 2.75) is 96.3 Å². The molecule has 0 bridgehead atoms. The van der Waals surface area contributed by atoms with Gasteiger partial charge in [0.05, 0.1) is 12.2 Å². The fraction of sp³-hybridized carbons (Fsp3) is 0.870. The molecular formula is C23H38O8. The Morgan fingerprint density at radius 1 is 1.19 bits per heavy atom.